The van der Waals surface area contributed by atoms with Crippen molar-refractivity contribution in [1.29, 1.82) is 0 Å². The molecule has 1 aliphatic carbocycles. The normalized spacial score (nSPS) is 42.5. The highest BCUT2D eigenvalue weighted by Crippen LogP contribution is 2.25. The minimum Gasteiger partial charge on any atom is -0.393 e. The van der Waals surface area contributed by atoms with Crippen molar-refractivity contribution >= 4 is 0 Å². The standard InChI is InChI=1S/C10H19NO2/c1-8-7-11(4-5-13-8)9-2-3-10(12)6-9/h8-10,12H,2-7H2,1H3. The molecule has 1 aliphatic heterocycles. The Morgan fingerprint density at radius 3 is 2.85 bits per heavy atom. The smallest absolute Gasteiger partial charge is 0.0674 e. The van der Waals surface area contributed by atoms with E-state index in [0.717, 1.165) is 39.0 Å². The van der Waals surface area contributed by atoms with E-state index in [-0.39, 0.29) is 6.10 Å². The maximum Gasteiger partial charge on any atom is 0.0674 e. The lowest BCUT2D eigenvalue weighted by Gasteiger charge is -2.35. The second kappa shape index (κ2) is 3.95. The molecule has 0 aromatic carbocycles. The molecule has 2 fully saturated rings. The second-order valence-electron chi connectivity index (χ2n) is 4.30. The van der Waals surface area contributed by atoms with Gasteiger partial charge in [0.1, 0.15) is 0 Å². The second-order valence-corrected chi connectivity index (χ2v) is 4.30. The summed E-state index contributed by atoms with van der Waals surface area (Å²) < 4.78 is 5.49. The molecule has 0 aromatic rings. The van der Waals surface area contributed by atoms with Crippen molar-refractivity contribution in [2.45, 2.75) is 44.4 Å². The Morgan fingerprint density at radius 2 is 2.23 bits per heavy atom. The molecule has 1 N–H and O–H groups in total. The number of aliphatic hydroxyl groups is 1. The van der Waals surface area contributed by atoms with Crippen molar-refractivity contribution in [2.75, 3.05) is 19.7 Å². The van der Waals surface area contributed by atoms with Gasteiger partial charge in [-0.05, 0) is 26.2 Å². The van der Waals surface area contributed by atoms with Crippen molar-refractivity contribution in [2.24, 2.45) is 0 Å². The van der Waals surface area contributed by atoms with Crippen LogP contribution in [0.3, 0.4) is 0 Å². The maximum atomic E-state index is 9.44. The van der Waals surface area contributed by atoms with Gasteiger partial charge in [-0.15, -0.1) is 0 Å². The van der Waals surface area contributed by atoms with Gasteiger partial charge in [-0.3, -0.25) is 4.90 Å². The summed E-state index contributed by atoms with van der Waals surface area (Å²) in [6, 6.07) is 0.612. The minimum atomic E-state index is -0.0526. The molecule has 2 rings (SSSR count). The minimum absolute atomic E-state index is 0.0526. The van der Waals surface area contributed by atoms with Gasteiger partial charge in [0, 0.05) is 19.1 Å². The number of ether oxygens (including phenoxy) is 1. The molecule has 3 atom stereocenters. The molecule has 1 saturated heterocycles. The molecule has 3 heteroatoms. The highest BCUT2D eigenvalue weighted by atomic mass is 16.5. The van der Waals surface area contributed by atoms with Crippen LogP contribution in [0.15, 0.2) is 0 Å². The Bertz CT molecular complexity index is 174. The van der Waals surface area contributed by atoms with Crippen LogP contribution in [0, 0.1) is 0 Å². The summed E-state index contributed by atoms with van der Waals surface area (Å²) in [6.07, 6.45) is 3.42. The fourth-order valence-electron chi connectivity index (χ4n) is 2.44. The first kappa shape index (κ1) is 9.44. The summed E-state index contributed by atoms with van der Waals surface area (Å²) in [5.74, 6) is 0. The van der Waals surface area contributed by atoms with Gasteiger partial charge >= 0.3 is 0 Å². The van der Waals surface area contributed by atoms with Crippen molar-refractivity contribution < 1.29 is 9.84 Å². The SMILES string of the molecule is CC1CN(C2CCC(O)C2)CCO1. The van der Waals surface area contributed by atoms with Gasteiger partial charge in [-0.25, -0.2) is 0 Å². The third kappa shape index (κ3) is 2.22. The summed E-state index contributed by atoms with van der Waals surface area (Å²) in [4.78, 5) is 2.48. The van der Waals surface area contributed by atoms with E-state index in [9.17, 15) is 5.11 Å². The molecule has 0 radical (unpaired) electrons. The lowest BCUT2D eigenvalue weighted by atomic mass is 10.1. The molecule has 2 aliphatic rings. The molecule has 0 aromatic heterocycles. The predicted octanol–water partition coefficient (Wildman–Crippen LogP) is 0.620. The van der Waals surface area contributed by atoms with E-state index in [1.807, 2.05) is 0 Å². The Kier molecular flexibility index (Phi) is 2.86. The molecule has 1 saturated carbocycles. The maximum absolute atomic E-state index is 9.44. The number of rotatable bonds is 1. The van der Waals surface area contributed by atoms with Gasteiger partial charge in [0.2, 0.25) is 0 Å². The van der Waals surface area contributed by atoms with Crippen LogP contribution in [0.5, 0.6) is 0 Å². The fourth-order valence-corrected chi connectivity index (χ4v) is 2.44. The number of hydrogen-bond donors (Lipinski definition) is 1. The lowest BCUT2D eigenvalue weighted by molar-refractivity contribution is -0.0345. The van der Waals surface area contributed by atoms with Crippen molar-refractivity contribution in [3.63, 3.8) is 0 Å². The molecule has 0 spiro atoms. The van der Waals surface area contributed by atoms with Crippen LogP contribution in [-0.2, 0) is 4.74 Å². The highest BCUT2D eigenvalue weighted by molar-refractivity contribution is 4.84. The van der Waals surface area contributed by atoms with E-state index in [0.29, 0.717) is 12.1 Å². The quantitative estimate of drug-likeness (QED) is 0.650. The number of morpholine rings is 1. The van der Waals surface area contributed by atoms with Gasteiger partial charge in [-0.1, -0.05) is 0 Å². The Morgan fingerprint density at radius 1 is 1.38 bits per heavy atom. The largest absolute Gasteiger partial charge is 0.393 e. The summed E-state index contributed by atoms with van der Waals surface area (Å²) >= 11 is 0. The fraction of sp³-hybridized carbons (Fsp3) is 1.00. The molecular formula is C10H19NO2. The van der Waals surface area contributed by atoms with Crippen LogP contribution in [0.25, 0.3) is 0 Å². The van der Waals surface area contributed by atoms with Crippen LogP contribution in [0.2, 0.25) is 0 Å². The van der Waals surface area contributed by atoms with E-state index in [1.54, 1.807) is 0 Å². The van der Waals surface area contributed by atoms with Crippen molar-refractivity contribution in [3.05, 3.63) is 0 Å². The van der Waals surface area contributed by atoms with E-state index >= 15 is 0 Å². The first-order chi connectivity index (χ1) is 6.25. The van der Waals surface area contributed by atoms with Crippen LogP contribution in [0.4, 0.5) is 0 Å². The Balaban J connectivity index is 1.85. The Labute approximate surface area is 79.7 Å². The Hall–Kier alpha value is -0.120. The summed E-state index contributed by atoms with van der Waals surface area (Å²) in [5, 5.41) is 9.44. The zero-order chi connectivity index (χ0) is 9.26. The zero-order valence-corrected chi connectivity index (χ0v) is 8.28. The number of hydrogen-bond acceptors (Lipinski definition) is 3. The molecule has 1 heterocycles. The van der Waals surface area contributed by atoms with Crippen LogP contribution < -0.4 is 0 Å². The number of aliphatic hydroxyl groups excluding tert-OH is 1. The van der Waals surface area contributed by atoms with E-state index in [1.165, 1.54) is 0 Å². The van der Waals surface area contributed by atoms with Gasteiger partial charge in [0.25, 0.3) is 0 Å². The van der Waals surface area contributed by atoms with Crippen LogP contribution in [-0.4, -0.2) is 48.0 Å². The molecule has 13 heavy (non-hydrogen) atoms. The van der Waals surface area contributed by atoms with Crippen molar-refractivity contribution in [3.8, 4) is 0 Å². The van der Waals surface area contributed by atoms with Crippen LogP contribution >= 0.6 is 0 Å². The number of nitrogens with zero attached hydrogens (tertiary/aromatic N) is 1. The lowest BCUT2D eigenvalue weighted by Crippen LogP contribution is -2.46. The van der Waals surface area contributed by atoms with Gasteiger partial charge < -0.3 is 9.84 Å². The monoisotopic (exact) mass is 185 g/mol. The van der Waals surface area contributed by atoms with Gasteiger partial charge in [0.05, 0.1) is 18.8 Å². The predicted molar refractivity (Wildman–Crippen MR) is 50.6 cm³/mol. The average Bonchev–Trinajstić information content (AvgIpc) is 2.52. The summed E-state index contributed by atoms with van der Waals surface area (Å²) in [6.45, 7) is 5.06. The highest BCUT2D eigenvalue weighted by Gasteiger charge is 2.30. The third-order valence-electron chi connectivity index (χ3n) is 3.17. The summed E-state index contributed by atoms with van der Waals surface area (Å²) in [7, 11) is 0. The van der Waals surface area contributed by atoms with Gasteiger partial charge in [0.15, 0.2) is 0 Å². The van der Waals surface area contributed by atoms with Crippen LogP contribution in [0.1, 0.15) is 26.2 Å². The topological polar surface area (TPSA) is 32.7 Å². The van der Waals surface area contributed by atoms with E-state index in [4.69, 9.17) is 4.74 Å². The van der Waals surface area contributed by atoms with E-state index in [2.05, 4.69) is 11.8 Å². The molecule has 76 valence electrons. The third-order valence-corrected chi connectivity index (χ3v) is 3.17. The first-order valence-corrected chi connectivity index (χ1v) is 5.29. The van der Waals surface area contributed by atoms with Crippen molar-refractivity contribution in [1.82, 2.24) is 4.90 Å². The molecular weight excluding hydrogens is 166 g/mol. The zero-order valence-electron chi connectivity index (χ0n) is 8.28. The van der Waals surface area contributed by atoms with E-state index < -0.39 is 0 Å². The molecule has 0 bridgehead atoms. The summed E-state index contributed by atoms with van der Waals surface area (Å²) in [5.41, 5.74) is 0. The molecule has 3 unspecified atom stereocenters. The average molecular weight is 185 g/mol. The van der Waals surface area contributed by atoms with Gasteiger partial charge in [-0.2, -0.15) is 0 Å². The molecule has 3 nitrogen and oxygen atoms in total. The molecule has 0 amide bonds. The first-order valence-electron chi connectivity index (χ1n) is 5.29.